The van der Waals surface area contributed by atoms with Gasteiger partial charge in [0.15, 0.2) is 5.65 Å². The molecule has 0 saturated carbocycles. The highest BCUT2D eigenvalue weighted by molar-refractivity contribution is 5.80. The second kappa shape index (κ2) is 20.3. The molecular weight excluding hydrogens is 853 g/mol. The fourth-order valence-electron chi connectivity index (χ4n) is 11.3. The van der Waals surface area contributed by atoms with Crippen molar-refractivity contribution in [3.63, 3.8) is 0 Å². The Balaban J connectivity index is 1.12. The third-order valence-corrected chi connectivity index (χ3v) is 14.7. The summed E-state index contributed by atoms with van der Waals surface area (Å²) in [6.45, 7) is 3.26. The maximum absolute atomic E-state index is 5.78. The van der Waals surface area contributed by atoms with E-state index >= 15 is 0 Å². The van der Waals surface area contributed by atoms with Gasteiger partial charge in [-0.2, -0.15) is 0 Å². The van der Waals surface area contributed by atoms with Crippen molar-refractivity contribution >= 4 is 17.0 Å². The molecule has 0 bridgehead atoms. The third kappa shape index (κ3) is 8.61. The predicted molar refractivity (Wildman–Crippen MR) is 285 cm³/mol. The average Bonchev–Trinajstić information content (AvgIpc) is 3.88. The van der Waals surface area contributed by atoms with E-state index in [1.165, 1.54) is 24.0 Å². The molecule has 10 aromatic rings. The molecule has 0 aliphatic carbocycles. The topological polar surface area (TPSA) is 58.9 Å². The average molecular weight is 911 g/mol. The molecule has 2 aromatic heterocycles. The second-order valence-electron chi connectivity index (χ2n) is 18.7. The van der Waals surface area contributed by atoms with Gasteiger partial charge in [-0.25, -0.2) is 9.67 Å². The first-order valence-corrected chi connectivity index (χ1v) is 24.9. The monoisotopic (exact) mass is 910 g/mol. The molecule has 6 heteroatoms. The number of aromatic nitrogens is 4. The zero-order chi connectivity index (χ0) is 47.0. The van der Waals surface area contributed by atoms with Crippen LogP contribution in [-0.2, 0) is 11.1 Å². The molecule has 3 heterocycles. The van der Waals surface area contributed by atoms with Crippen LogP contribution in [0.5, 0.6) is 0 Å². The van der Waals surface area contributed by atoms with Gasteiger partial charge < -0.3 is 10.2 Å². The van der Waals surface area contributed by atoms with Gasteiger partial charge in [-0.3, -0.25) is 0 Å². The summed E-state index contributed by atoms with van der Waals surface area (Å²) in [5.41, 5.74) is 10.0. The van der Waals surface area contributed by atoms with Crippen LogP contribution in [0.1, 0.15) is 87.6 Å². The van der Waals surface area contributed by atoms with Gasteiger partial charge in [-0.15, -0.1) is 5.10 Å². The van der Waals surface area contributed by atoms with E-state index in [4.69, 9.17) is 15.3 Å². The lowest BCUT2D eigenvalue weighted by Crippen LogP contribution is -2.39. The number of fused-ring (bicyclic) bond motifs is 1. The molecular formula is C64H58N6. The van der Waals surface area contributed by atoms with Crippen molar-refractivity contribution in [3.8, 4) is 0 Å². The van der Waals surface area contributed by atoms with Crippen LogP contribution in [0.25, 0.3) is 11.2 Å². The molecule has 1 saturated heterocycles. The summed E-state index contributed by atoms with van der Waals surface area (Å²) in [7, 11) is 0. The number of nitrogens with one attached hydrogen (secondary N) is 1. The first-order valence-electron chi connectivity index (χ1n) is 24.9. The summed E-state index contributed by atoms with van der Waals surface area (Å²) in [5, 5.41) is 14.8. The van der Waals surface area contributed by atoms with Crippen LogP contribution in [-0.4, -0.2) is 44.5 Å². The summed E-state index contributed by atoms with van der Waals surface area (Å²) >= 11 is 0. The van der Waals surface area contributed by atoms with Crippen LogP contribution in [0.15, 0.2) is 249 Å². The number of hydrogen-bond acceptors (Lipinski definition) is 5. The molecule has 11 rings (SSSR count). The van der Waals surface area contributed by atoms with Crippen molar-refractivity contribution in [3.05, 3.63) is 299 Å². The molecule has 0 radical (unpaired) electrons. The van der Waals surface area contributed by atoms with Gasteiger partial charge >= 0.3 is 0 Å². The number of likely N-dealkylation sites (tertiary alicyclic amines) is 1. The Morgan fingerprint density at radius 2 is 0.914 bits per heavy atom. The van der Waals surface area contributed by atoms with E-state index in [-0.39, 0.29) is 5.92 Å². The van der Waals surface area contributed by atoms with Crippen LogP contribution in [0.2, 0.25) is 0 Å². The fraction of sp³-hybridized carbons (Fsp3) is 0.172. The van der Waals surface area contributed by atoms with Gasteiger partial charge in [0.1, 0.15) is 22.4 Å². The predicted octanol–water partition coefficient (Wildman–Crippen LogP) is 13.9. The molecule has 70 heavy (non-hydrogen) atoms. The first-order chi connectivity index (χ1) is 34.7. The quantitative estimate of drug-likeness (QED) is 0.0979. The highest BCUT2D eigenvalue weighted by Gasteiger charge is 2.43. The molecule has 8 aromatic carbocycles. The number of anilines is 1. The van der Waals surface area contributed by atoms with E-state index in [0.29, 0.717) is 11.6 Å². The zero-order valence-electron chi connectivity index (χ0n) is 39.5. The van der Waals surface area contributed by atoms with Crippen molar-refractivity contribution < 1.29 is 0 Å². The van der Waals surface area contributed by atoms with Crippen LogP contribution < -0.4 is 5.32 Å². The summed E-state index contributed by atoms with van der Waals surface area (Å²) in [6, 6.07) is 88.9. The van der Waals surface area contributed by atoms with Crippen molar-refractivity contribution in [1.29, 1.82) is 0 Å². The van der Waals surface area contributed by atoms with Crippen LogP contribution >= 0.6 is 0 Å². The Kier molecular flexibility index (Phi) is 13.0. The molecule has 1 aliphatic heterocycles. The Morgan fingerprint density at radius 3 is 1.37 bits per heavy atom. The van der Waals surface area contributed by atoms with Gasteiger partial charge in [0.25, 0.3) is 0 Å². The lowest BCUT2D eigenvalue weighted by molar-refractivity contribution is 0.208. The molecule has 1 aliphatic rings. The molecule has 0 amide bonds. The SMILES string of the molecule is c1ccc(C2CCN(CCC[C@H](c3ccccc3)c3cc(NC(c4ccccc4)(c4ccccc4)c4ccccc4)nc4c3nnn4C(c3ccccc3)(c3ccccc3)c3ccccc3)CC2)cc1. The van der Waals surface area contributed by atoms with Crippen molar-refractivity contribution in [2.24, 2.45) is 0 Å². The third-order valence-electron chi connectivity index (χ3n) is 14.7. The lowest BCUT2D eigenvalue weighted by Gasteiger charge is -2.38. The van der Waals surface area contributed by atoms with Gasteiger partial charge in [0.2, 0.25) is 0 Å². The molecule has 1 N–H and O–H groups in total. The molecule has 0 spiro atoms. The number of benzene rings is 8. The maximum Gasteiger partial charge on any atom is 0.182 e. The summed E-state index contributed by atoms with van der Waals surface area (Å²) in [4.78, 5) is 8.46. The van der Waals surface area contributed by atoms with Gasteiger partial charge in [0.05, 0.1) is 0 Å². The van der Waals surface area contributed by atoms with Crippen LogP contribution in [0.3, 0.4) is 0 Å². The molecule has 6 nitrogen and oxygen atoms in total. The van der Waals surface area contributed by atoms with Crippen molar-refractivity contribution in [2.45, 2.75) is 48.6 Å². The summed E-state index contributed by atoms with van der Waals surface area (Å²) in [5.74, 6) is 1.35. The van der Waals surface area contributed by atoms with E-state index in [9.17, 15) is 0 Å². The highest BCUT2D eigenvalue weighted by Crippen LogP contribution is 2.45. The Bertz CT molecular complexity index is 3000. The largest absolute Gasteiger partial charge is 0.353 e. The lowest BCUT2D eigenvalue weighted by atomic mass is 9.76. The van der Waals surface area contributed by atoms with E-state index in [2.05, 4.69) is 264 Å². The number of nitrogens with zero attached hydrogens (tertiary/aromatic N) is 5. The summed E-state index contributed by atoms with van der Waals surface area (Å²) < 4.78 is 2.10. The second-order valence-corrected chi connectivity index (χ2v) is 18.7. The Labute approximate surface area is 412 Å². The first kappa shape index (κ1) is 44.6. The zero-order valence-corrected chi connectivity index (χ0v) is 39.5. The van der Waals surface area contributed by atoms with E-state index in [1.54, 1.807) is 0 Å². The van der Waals surface area contributed by atoms with E-state index in [0.717, 1.165) is 82.8 Å². The molecule has 344 valence electrons. The van der Waals surface area contributed by atoms with Crippen LogP contribution in [0.4, 0.5) is 5.82 Å². The maximum atomic E-state index is 5.78. The van der Waals surface area contributed by atoms with Gasteiger partial charge in [-0.05, 0) is 107 Å². The van der Waals surface area contributed by atoms with E-state index < -0.39 is 11.1 Å². The van der Waals surface area contributed by atoms with Crippen molar-refractivity contribution in [1.82, 2.24) is 24.9 Å². The number of pyridine rings is 1. The van der Waals surface area contributed by atoms with E-state index in [1.807, 2.05) is 0 Å². The minimum Gasteiger partial charge on any atom is -0.353 e. The Hall–Kier alpha value is -7.93. The highest BCUT2D eigenvalue weighted by atomic mass is 15.5. The minimum absolute atomic E-state index is 0.00147. The molecule has 1 fully saturated rings. The fourth-order valence-corrected chi connectivity index (χ4v) is 11.3. The minimum atomic E-state index is -0.940. The number of piperidine rings is 1. The molecule has 0 unspecified atom stereocenters. The normalized spacial score (nSPS) is 14.1. The van der Waals surface area contributed by atoms with Crippen molar-refractivity contribution in [2.75, 3.05) is 25.0 Å². The summed E-state index contributed by atoms with van der Waals surface area (Å²) in [6.07, 6.45) is 4.33. The standard InChI is InChI=1S/C64H58N6/c1-9-26-49(27-10-1)50-43-46-69(47-44-50)45-25-42-58(51-28-11-2-12-29-51)59-48-60(66-63(52-30-13-3-14-31-52,53-32-15-4-16-33-53)54-34-17-5-18-35-54)65-62-61(59)67-68-70(62)64(55-36-19-6-20-37-55,56-38-21-7-22-39-56)57-40-23-8-24-41-57/h1-24,26-41,48,50,58H,25,42-47H2,(H,65,66)/t58-/m1/s1. The molecule has 1 atom stereocenters. The Morgan fingerprint density at radius 1 is 0.500 bits per heavy atom. The smallest absolute Gasteiger partial charge is 0.182 e. The van der Waals surface area contributed by atoms with Gasteiger partial charge in [-0.1, -0.05) is 248 Å². The number of rotatable bonds is 16. The van der Waals surface area contributed by atoms with Gasteiger partial charge in [0, 0.05) is 5.92 Å². The van der Waals surface area contributed by atoms with Crippen LogP contribution in [0, 0.1) is 0 Å². The number of hydrogen-bond donors (Lipinski definition) is 1.